The van der Waals surface area contributed by atoms with Gasteiger partial charge in [-0.1, -0.05) is 25.4 Å². The fourth-order valence-corrected chi connectivity index (χ4v) is 7.27. The van der Waals surface area contributed by atoms with Crippen LogP contribution in [0.1, 0.15) is 74.0 Å². The molecule has 236 valence electrons. The summed E-state index contributed by atoms with van der Waals surface area (Å²) in [6.07, 6.45) is 1.89. The average molecular weight is 708 g/mol. The first kappa shape index (κ1) is 33.8. The van der Waals surface area contributed by atoms with Crippen molar-refractivity contribution >= 4 is 66.0 Å². The van der Waals surface area contributed by atoms with Gasteiger partial charge in [0.1, 0.15) is 11.3 Å². The number of hydrogen-bond acceptors (Lipinski definition) is 8. The minimum absolute atomic E-state index is 0.0168. The fourth-order valence-electron chi connectivity index (χ4n) is 5.23. The number of benzene rings is 2. The van der Waals surface area contributed by atoms with Gasteiger partial charge in [-0.3, -0.25) is 9.10 Å². The van der Waals surface area contributed by atoms with E-state index in [1.807, 2.05) is 26.0 Å². The summed E-state index contributed by atoms with van der Waals surface area (Å²) in [5, 5.41) is 0.792. The molecule has 0 fully saturated rings. The number of halogens is 2. The zero-order chi connectivity index (χ0) is 32.4. The Bertz CT molecular complexity index is 1800. The Morgan fingerprint density at radius 2 is 1.82 bits per heavy atom. The molecule has 2 aromatic carbocycles. The summed E-state index contributed by atoms with van der Waals surface area (Å²) in [4.78, 5) is 26.1. The molecule has 0 aliphatic heterocycles. The number of rotatable bonds is 13. The lowest BCUT2D eigenvalue weighted by Gasteiger charge is -2.30. The molecule has 0 aliphatic rings. The molecule has 0 saturated heterocycles. The van der Waals surface area contributed by atoms with Crippen molar-refractivity contribution in [2.24, 2.45) is 11.1 Å². The summed E-state index contributed by atoms with van der Waals surface area (Å²) in [5.41, 5.74) is 7.18. The molecule has 1 atom stereocenters. The van der Waals surface area contributed by atoms with Crippen molar-refractivity contribution in [2.75, 3.05) is 17.5 Å². The van der Waals surface area contributed by atoms with Gasteiger partial charge in [0, 0.05) is 39.9 Å². The number of carbonyl (C=O) groups excluding carboxylic acids is 2. The van der Waals surface area contributed by atoms with Gasteiger partial charge >= 0.3 is 5.97 Å². The normalized spacial score (nSPS) is 12.8. The standard InChI is InChI=1S/C32H36BrClN2O7S/c1-6-36(44(39,40)22-12-14-26-23(18-22)19(3)29(43-26)31(38)41-7-2)25-13-10-20(34)17-24(25)28(35)30(37)32(4,5)16-8-9-21-11-15-27(33)42-21/h10-15,17-18,28H,6-9,16,35H2,1-5H3. The molecule has 2 N–H and O–H groups in total. The molecule has 12 heteroatoms. The highest BCUT2D eigenvalue weighted by Gasteiger charge is 2.36. The molecular formula is C32H36BrClN2O7S. The van der Waals surface area contributed by atoms with Crippen molar-refractivity contribution in [2.45, 2.75) is 64.8 Å². The van der Waals surface area contributed by atoms with Gasteiger partial charge in [-0.25, -0.2) is 13.2 Å². The number of sulfonamides is 1. The highest BCUT2D eigenvalue weighted by molar-refractivity contribution is 9.10. The van der Waals surface area contributed by atoms with E-state index in [1.54, 1.807) is 39.0 Å². The second-order valence-electron chi connectivity index (χ2n) is 11.1. The Morgan fingerprint density at radius 1 is 1.09 bits per heavy atom. The number of Topliss-reactive ketones (excluding diaryl/α,β-unsaturated/α-hetero) is 1. The van der Waals surface area contributed by atoms with E-state index < -0.39 is 27.4 Å². The Kier molecular flexibility index (Phi) is 10.3. The number of furan rings is 2. The lowest BCUT2D eigenvalue weighted by atomic mass is 9.78. The van der Waals surface area contributed by atoms with Crippen LogP contribution in [0.3, 0.4) is 0 Å². The third-order valence-corrected chi connectivity index (χ3v) is 10.2. The summed E-state index contributed by atoms with van der Waals surface area (Å²) in [7, 11) is -4.16. The van der Waals surface area contributed by atoms with Crippen LogP contribution in [0.4, 0.5) is 5.69 Å². The quantitative estimate of drug-likeness (QED) is 0.140. The molecule has 0 saturated carbocycles. The van der Waals surface area contributed by atoms with Crippen molar-refractivity contribution in [1.82, 2.24) is 0 Å². The molecule has 2 heterocycles. The maximum Gasteiger partial charge on any atom is 0.374 e. The summed E-state index contributed by atoms with van der Waals surface area (Å²) >= 11 is 9.65. The molecule has 4 aromatic rings. The van der Waals surface area contributed by atoms with E-state index in [1.165, 1.54) is 22.5 Å². The molecule has 44 heavy (non-hydrogen) atoms. The van der Waals surface area contributed by atoms with Crippen LogP contribution in [0.15, 0.2) is 66.9 Å². The fraction of sp³-hybridized carbons (Fsp3) is 0.375. The number of nitrogens with zero attached hydrogens (tertiary/aromatic N) is 1. The summed E-state index contributed by atoms with van der Waals surface area (Å²) in [5.74, 6) is -0.0293. The van der Waals surface area contributed by atoms with E-state index in [4.69, 9.17) is 30.9 Å². The number of fused-ring (bicyclic) bond motifs is 1. The maximum absolute atomic E-state index is 14.1. The maximum atomic E-state index is 14.1. The lowest BCUT2D eigenvalue weighted by molar-refractivity contribution is -0.129. The molecule has 0 bridgehead atoms. The van der Waals surface area contributed by atoms with Crippen LogP contribution in [-0.2, 0) is 26.0 Å². The Balaban J connectivity index is 1.65. The predicted molar refractivity (Wildman–Crippen MR) is 174 cm³/mol. The van der Waals surface area contributed by atoms with Crippen LogP contribution < -0.4 is 10.0 Å². The van der Waals surface area contributed by atoms with Gasteiger partial charge in [0.25, 0.3) is 10.0 Å². The molecule has 4 rings (SSSR count). The number of esters is 1. The minimum Gasteiger partial charge on any atom is -0.460 e. The second-order valence-corrected chi connectivity index (χ2v) is 14.2. The summed E-state index contributed by atoms with van der Waals surface area (Å²) in [6.45, 7) is 8.94. The van der Waals surface area contributed by atoms with Crippen LogP contribution in [0.2, 0.25) is 5.02 Å². The van der Waals surface area contributed by atoms with Crippen molar-refractivity contribution in [3.8, 4) is 0 Å². The highest BCUT2D eigenvalue weighted by atomic mass is 79.9. The smallest absolute Gasteiger partial charge is 0.374 e. The Hall–Kier alpha value is -3.12. The zero-order valence-corrected chi connectivity index (χ0v) is 28.4. The lowest BCUT2D eigenvalue weighted by Crippen LogP contribution is -2.37. The van der Waals surface area contributed by atoms with E-state index in [0.717, 1.165) is 5.76 Å². The first-order valence-corrected chi connectivity index (χ1v) is 16.9. The van der Waals surface area contributed by atoms with Gasteiger partial charge in [-0.2, -0.15) is 0 Å². The third kappa shape index (κ3) is 6.91. The number of ether oxygens (including phenoxy) is 1. The van der Waals surface area contributed by atoms with Crippen molar-refractivity contribution in [3.05, 3.63) is 80.9 Å². The average Bonchev–Trinajstić information content (AvgIpc) is 3.55. The monoisotopic (exact) mass is 706 g/mol. The number of nitrogens with two attached hydrogens (primary N) is 1. The number of hydrogen-bond donors (Lipinski definition) is 1. The van der Waals surface area contributed by atoms with Crippen LogP contribution in [0, 0.1) is 12.3 Å². The van der Waals surface area contributed by atoms with E-state index in [9.17, 15) is 18.0 Å². The SMILES string of the molecule is CCOC(=O)c1oc2ccc(S(=O)(=O)N(CC)c3ccc(Cl)cc3C(N)C(=O)C(C)(C)CCCc3ccc(Br)o3)cc2c1C. The first-order valence-electron chi connectivity index (χ1n) is 14.3. The molecular weight excluding hydrogens is 672 g/mol. The second kappa shape index (κ2) is 13.5. The van der Waals surface area contributed by atoms with Gasteiger partial charge in [-0.15, -0.1) is 0 Å². The summed E-state index contributed by atoms with van der Waals surface area (Å²) < 4.78 is 46.4. The van der Waals surface area contributed by atoms with Gasteiger partial charge in [0.2, 0.25) is 5.76 Å². The molecule has 1 unspecified atom stereocenters. The molecule has 0 aliphatic carbocycles. The van der Waals surface area contributed by atoms with E-state index in [-0.39, 0.29) is 35.3 Å². The largest absolute Gasteiger partial charge is 0.460 e. The number of ketones is 1. The first-order chi connectivity index (χ1) is 20.7. The van der Waals surface area contributed by atoms with Crippen LogP contribution >= 0.6 is 27.5 Å². The van der Waals surface area contributed by atoms with E-state index in [0.29, 0.717) is 51.1 Å². The van der Waals surface area contributed by atoms with E-state index >= 15 is 0 Å². The topological polar surface area (TPSA) is 133 Å². The summed E-state index contributed by atoms with van der Waals surface area (Å²) in [6, 6.07) is 11.6. The third-order valence-electron chi connectivity index (χ3n) is 7.64. The number of aryl methyl sites for hydroxylation is 2. The van der Waals surface area contributed by atoms with Crippen LogP contribution in [-0.4, -0.2) is 33.3 Å². The molecule has 0 radical (unpaired) electrons. The van der Waals surface area contributed by atoms with Crippen LogP contribution in [0.5, 0.6) is 0 Å². The van der Waals surface area contributed by atoms with E-state index in [2.05, 4.69) is 15.9 Å². The molecule has 0 spiro atoms. The number of anilines is 1. The molecule has 2 aromatic heterocycles. The minimum atomic E-state index is -4.16. The Labute approximate surface area is 270 Å². The molecule has 9 nitrogen and oxygen atoms in total. The van der Waals surface area contributed by atoms with Gasteiger partial charge in [-0.05, 0) is 98.1 Å². The van der Waals surface area contributed by atoms with Crippen molar-refractivity contribution in [1.29, 1.82) is 0 Å². The predicted octanol–water partition coefficient (Wildman–Crippen LogP) is 7.76. The molecule has 0 amide bonds. The van der Waals surface area contributed by atoms with Gasteiger partial charge in [0.15, 0.2) is 10.5 Å². The number of carbonyl (C=O) groups is 2. The zero-order valence-electron chi connectivity index (χ0n) is 25.3. The van der Waals surface area contributed by atoms with Crippen molar-refractivity contribution in [3.63, 3.8) is 0 Å². The van der Waals surface area contributed by atoms with Gasteiger partial charge in [0.05, 0.1) is 23.2 Å². The van der Waals surface area contributed by atoms with Crippen LogP contribution in [0.25, 0.3) is 11.0 Å². The van der Waals surface area contributed by atoms with Gasteiger partial charge < -0.3 is 19.3 Å². The Morgan fingerprint density at radius 3 is 2.45 bits per heavy atom. The highest BCUT2D eigenvalue weighted by Crippen LogP contribution is 2.38. The van der Waals surface area contributed by atoms with Crippen molar-refractivity contribution < 1.29 is 31.6 Å².